The number of urea groups is 1. The minimum Gasteiger partial charge on any atom is -0.342 e. The standard InChI is InChI=1S/C19H27N5O3/c1-13(2)12-23-18(27)21-17(26)19(23)5-9-22(10-6-19)16(25)14-4-8-24-15(11-14)3-7-20-24/h3,7,13-14H,4-6,8-12H2,1-2H3,(H,21,26,27). The number of carbonyl (C=O) groups excluding carboxylic acids is 3. The monoisotopic (exact) mass is 373 g/mol. The van der Waals surface area contributed by atoms with E-state index in [0.29, 0.717) is 32.5 Å². The predicted octanol–water partition coefficient (Wildman–Crippen LogP) is 1.01. The van der Waals surface area contributed by atoms with Gasteiger partial charge >= 0.3 is 6.03 Å². The van der Waals surface area contributed by atoms with Crippen molar-refractivity contribution in [3.8, 4) is 0 Å². The molecule has 0 bridgehead atoms. The summed E-state index contributed by atoms with van der Waals surface area (Å²) in [6, 6.07) is 1.68. The molecule has 4 heterocycles. The molecule has 146 valence electrons. The van der Waals surface area contributed by atoms with Gasteiger partial charge in [0.05, 0.1) is 0 Å². The highest BCUT2D eigenvalue weighted by molar-refractivity contribution is 6.07. The average Bonchev–Trinajstić information content (AvgIpc) is 3.20. The molecule has 8 nitrogen and oxygen atoms in total. The summed E-state index contributed by atoms with van der Waals surface area (Å²) in [4.78, 5) is 41.4. The van der Waals surface area contributed by atoms with Crippen LogP contribution >= 0.6 is 0 Å². The Hall–Kier alpha value is -2.38. The maximum atomic E-state index is 13.0. The minimum atomic E-state index is -0.788. The van der Waals surface area contributed by atoms with Crippen LogP contribution in [0.2, 0.25) is 0 Å². The van der Waals surface area contributed by atoms with Crippen molar-refractivity contribution >= 4 is 17.8 Å². The highest BCUT2D eigenvalue weighted by Gasteiger charge is 2.54. The third-order valence-corrected chi connectivity index (χ3v) is 6.15. The van der Waals surface area contributed by atoms with E-state index in [1.807, 2.05) is 29.5 Å². The van der Waals surface area contributed by atoms with Crippen molar-refractivity contribution in [3.63, 3.8) is 0 Å². The van der Waals surface area contributed by atoms with Crippen molar-refractivity contribution < 1.29 is 14.4 Å². The molecular formula is C19H27N5O3. The van der Waals surface area contributed by atoms with E-state index >= 15 is 0 Å². The van der Waals surface area contributed by atoms with E-state index in [2.05, 4.69) is 10.4 Å². The normalized spacial score (nSPS) is 24.5. The van der Waals surface area contributed by atoms with Gasteiger partial charge in [-0.15, -0.1) is 0 Å². The number of aromatic nitrogens is 2. The first-order chi connectivity index (χ1) is 12.9. The van der Waals surface area contributed by atoms with Gasteiger partial charge in [0.1, 0.15) is 5.54 Å². The highest BCUT2D eigenvalue weighted by atomic mass is 16.2. The van der Waals surface area contributed by atoms with E-state index in [0.717, 1.165) is 25.1 Å². The summed E-state index contributed by atoms with van der Waals surface area (Å²) in [6.45, 7) is 6.44. The van der Waals surface area contributed by atoms with Gasteiger partial charge in [0.2, 0.25) is 5.91 Å². The number of piperidine rings is 1. The zero-order chi connectivity index (χ0) is 19.2. The van der Waals surface area contributed by atoms with Gasteiger partial charge in [0.15, 0.2) is 0 Å². The first-order valence-electron chi connectivity index (χ1n) is 9.83. The second kappa shape index (κ2) is 6.65. The van der Waals surface area contributed by atoms with Crippen LogP contribution in [0.5, 0.6) is 0 Å². The van der Waals surface area contributed by atoms with Gasteiger partial charge in [-0.05, 0) is 31.2 Å². The molecule has 8 heteroatoms. The molecule has 4 amide bonds. The number of imide groups is 1. The zero-order valence-corrected chi connectivity index (χ0v) is 16.0. The van der Waals surface area contributed by atoms with Crippen LogP contribution < -0.4 is 5.32 Å². The first kappa shape index (κ1) is 18.0. The van der Waals surface area contributed by atoms with Gasteiger partial charge in [0, 0.05) is 50.4 Å². The molecule has 1 aromatic heterocycles. The molecule has 3 aliphatic heterocycles. The molecule has 1 spiro atoms. The van der Waals surface area contributed by atoms with Crippen LogP contribution in [-0.4, -0.2) is 62.6 Å². The maximum Gasteiger partial charge on any atom is 0.325 e. The zero-order valence-electron chi connectivity index (χ0n) is 16.0. The number of carbonyl (C=O) groups is 3. The number of nitrogens with zero attached hydrogens (tertiary/aromatic N) is 4. The van der Waals surface area contributed by atoms with E-state index < -0.39 is 5.54 Å². The quantitative estimate of drug-likeness (QED) is 0.801. The molecular weight excluding hydrogens is 346 g/mol. The molecule has 1 N–H and O–H groups in total. The Morgan fingerprint density at radius 3 is 2.74 bits per heavy atom. The van der Waals surface area contributed by atoms with Crippen LogP contribution in [0.15, 0.2) is 12.3 Å². The fraction of sp³-hybridized carbons (Fsp3) is 0.684. The lowest BCUT2D eigenvalue weighted by Gasteiger charge is -2.43. The van der Waals surface area contributed by atoms with Crippen LogP contribution in [0.25, 0.3) is 0 Å². The van der Waals surface area contributed by atoms with Gasteiger partial charge in [-0.2, -0.15) is 5.10 Å². The van der Waals surface area contributed by atoms with Crippen molar-refractivity contribution in [2.24, 2.45) is 11.8 Å². The molecule has 0 aliphatic carbocycles. The second-order valence-electron chi connectivity index (χ2n) is 8.36. The Morgan fingerprint density at radius 1 is 1.30 bits per heavy atom. The van der Waals surface area contributed by atoms with Gasteiger partial charge in [-0.1, -0.05) is 13.8 Å². The second-order valence-corrected chi connectivity index (χ2v) is 8.36. The lowest BCUT2D eigenvalue weighted by molar-refractivity contribution is -0.141. The molecule has 2 saturated heterocycles. The lowest BCUT2D eigenvalue weighted by Crippen LogP contribution is -2.58. The minimum absolute atomic E-state index is 0.0194. The molecule has 4 rings (SSSR count). The molecule has 27 heavy (non-hydrogen) atoms. The molecule has 0 radical (unpaired) electrons. The topological polar surface area (TPSA) is 87.5 Å². The van der Waals surface area contributed by atoms with Gasteiger partial charge < -0.3 is 9.80 Å². The summed E-state index contributed by atoms with van der Waals surface area (Å²) in [7, 11) is 0. The number of hydrogen-bond acceptors (Lipinski definition) is 4. The number of amides is 4. The summed E-state index contributed by atoms with van der Waals surface area (Å²) < 4.78 is 1.97. The maximum absolute atomic E-state index is 13.0. The Kier molecular flexibility index (Phi) is 4.44. The molecule has 2 fully saturated rings. The summed E-state index contributed by atoms with van der Waals surface area (Å²) in [6.07, 6.45) is 4.32. The Balaban J connectivity index is 1.43. The van der Waals surface area contributed by atoms with Crippen LogP contribution in [-0.2, 0) is 22.6 Å². The third-order valence-electron chi connectivity index (χ3n) is 6.15. The predicted molar refractivity (Wildman–Crippen MR) is 97.7 cm³/mol. The third kappa shape index (κ3) is 3.00. The van der Waals surface area contributed by atoms with Crippen molar-refractivity contribution in [3.05, 3.63) is 18.0 Å². The lowest BCUT2D eigenvalue weighted by atomic mass is 9.84. The Labute approximate surface area is 158 Å². The number of fused-ring (bicyclic) bond motifs is 1. The Bertz CT molecular complexity index is 763. The van der Waals surface area contributed by atoms with E-state index in [9.17, 15) is 14.4 Å². The van der Waals surface area contributed by atoms with E-state index in [1.54, 1.807) is 11.1 Å². The van der Waals surface area contributed by atoms with E-state index in [-0.39, 0.29) is 29.7 Å². The van der Waals surface area contributed by atoms with Gasteiger partial charge in [-0.3, -0.25) is 19.6 Å². The molecule has 1 unspecified atom stereocenters. The van der Waals surface area contributed by atoms with Crippen LogP contribution in [0.3, 0.4) is 0 Å². The molecule has 0 aromatic carbocycles. The molecule has 0 saturated carbocycles. The molecule has 3 aliphatic rings. The van der Waals surface area contributed by atoms with Crippen molar-refractivity contribution in [2.45, 2.75) is 51.6 Å². The van der Waals surface area contributed by atoms with Crippen LogP contribution in [0.4, 0.5) is 4.79 Å². The van der Waals surface area contributed by atoms with Gasteiger partial charge in [-0.25, -0.2) is 4.79 Å². The first-order valence-corrected chi connectivity index (χ1v) is 9.83. The fourth-order valence-electron chi connectivity index (χ4n) is 4.65. The summed E-state index contributed by atoms with van der Waals surface area (Å²) in [5.41, 5.74) is 0.320. The number of aryl methyl sites for hydroxylation is 1. The summed E-state index contributed by atoms with van der Waals surface area (Å²) in [5.74, 6) is 0.221. The number of likely N-dealkylation sites (tertiary alicyclic amines) is 1. The van der Waals surface area contributed by atoms with Crippen LogP contribution in [0.1, 0.15) is 38.8 Å². The largest absolute Gasteiger partial charge is 0.342 e. The molecule has 1 atom stereocenters. The summed E-state index contributed by atoms with van der Waals surface area (Å²) >= 11 is 0. The van der Waals surface area contributed by atoms with Crippen LogP contribution in [0, 0.1) is 11.8 Å². The van der Waals surface area contributed by atoms with Gasteiger partial charge in [0.25, 0.3) is 5.91 Å². The number of hydrogen-bond donors (Lipinski definition) is 1. The van der Waals surface area contributed by atoms with Crippen molar-refractivity contribution in [1.29, 1.82) is 0 Å². The summed E-state index contributed by atoms with van der Waals surface area (Å²) in [5, 5.41) is 6.75. The van der Waals surface area contributed by atoms with E-state index in [1.165, 1.54) is 0 Å². The average molecular weight is 373 g/mol. The number of rotatable bonds is 3. The number of nitrogens with one attached hydrogen (secondary N) is 1. The van der Waals surface area contributed by atoms with E-state index in [4.69, 9.17) is 0 Å². The fourth-order valence-corrected chi connectivity index (χ4v) is 4.65. The van der Waals surface area contributed by atoms with Crippen molar-refractivity contribution in [1.82, 2.24) is 24.9 Å². The smallest absolute Gasteiger partial charge is 0.325 e. The van der Waals surface area contributed by atoms with Crippen molar-refractivity contribution in [2.75, 3.05) is 19.6 Å². The molecule has 1 aromatic rings. The SMILES string of the molecule is CC(C)CN1C(=O)NC(=O)C12CCN(C(=O)C1CCn3nccc3C1)CC2. The highest BCUT2D eigenvalue weighted by Crippen LogP contribution is 2.35. The Morgan fingerprint density at radius 2 is 2.04 bits per heavy atom.